The van der Waals surface area contributed by atoms with Gasteiger partial charge in [-0.15, -0.1) is 0 Å². The highest BCUT2D eigenvalue weighted by atomic mass is 35.5. The number of methoxy groups -OCH3 is 1. The second-order valence-electron chi connectivity index (χ2n) is 4.11. The molecule has 0 aliphatic heterocycles. The minimum atomic E-state index is -0.623. The van der Waals surface area contributed by atoms with Crippen LogP contribution in [0.4, 0.5) is 15.8 Å². The summed E-state index contributed by atoms with van der Waals surface area (Å²) in [5.41, 5.74) is 2.51. The van der Waals surface area contributed by atoms with Crippen molar-refractivity contribution in [3.05, 3.63) is 52.8 Å². The maximum Gasteiger partial charge on any atom is 0.257 e. The molecule has 0 unspecified atom stereocenters. The number of hydrogen-bond donors (Lipinski definition) is 3. The highest BCUT2D eigenvalue weighted by Crippen LogP contribution is 2.28. The zero-order chi connectivity index (χ0) is 15.4. The van der Waals surface area contributed by atoms with Crippen molar-refractivity contribution in [1.82, 2.24) is 0 Å². The van der Waals surface area contributed by atoms with Crippen LogP contribution in [-0.4, -0.2) is 13.0 Å². The predicted molar refractivity (Wildman–Crippen MR) is 80.2 cm³/mol. The van der Waals surface area contributed by atoms with Crippen molar-refractivity contribution in [2.45, 2.75) is 0 Å². The summed E-state index contributed by atoms with van der Waals surface area (Å²) in [5.74, 6) is 4.61. The first-order valence-electron chi connectivity index (χ1n) is 5.97. The number of hydrogen-bond acceptors (Lipinski definition) is 4. The number of anilines is 2. The van der Waals surface area contributed by atoms with Gasteiger partial charge in [0, 0.05) is 6.07 Å². The average Bonchev–Trinajstić information content (AvgIpc) is 2.49. The number of hydrazine groups is 1. The SMILES string of the molecule is COc1ccc(Cl)c(NC(=O)c2cccc(F)c2NN)c1. The predicted octanol–water partition coefficient (Wildman–Crippen LogP) is 3.03. The van der Waals surface area contributed by atoms with Gasteiger partial charge >= 0.3 is 0 Å². The lowest BCUT2D eigenvalue weighted by molar-refractivity contribution is 0.102. The van der Waals surface area contributed by atoms with Crippen LogP contribution in [0.15, 0.2) is 36.4 Å². The van der Waals surface area contributed by atoms with Crippen molar-refractivity contribution >= 4 is 28.9 Å². The van der Waals surface area contributed by atoms with Gasteiger partial charge in [-0.1, -0.05) is 17.7 Å². The van der Waals surface area contributed by atoms with E-state index in [9.17, 15) is 9.18 Å². The van der Waals surface area contributed by atoms with Gasteiger partial charge in [-0.05, 0) is 24.3 Å². The smallest absolute Gasteiger partial charge is 0.257 e. The Bertz CT molecular complexity index is 679. The van der Waals surface area contributed by atoms with Gasteiger partial charge < -0.3 is 15.5 Å². The molecule has 0 spiro atoms. The van der Waals surface area contributed by atoms with E-state index in [4.69, 9.17) is 22.2 Å². The fourth-order valence-electron chi connectivity index (χ4n) is 1.78. The van der Waals surface area contributed by atoms with E-state index in [-0.39, 0.29) is 11.3 Å². The second-order valence-corrected chi connectivity index (χ2v) is 4.51. The van der Waals surface area contributed by atoms with Gasteiger partial charge in [0.15, 0.2) is 0 Å². The number of nitrogen functional groups attached to an aromatic ring is 1. The number of carbonyl (C=O) groups excluding carboxylic acids is 1. The van der Waals surface area contributed by atoms with Gasteiger partial charge in [0.25, 0.3) is 5.91 Å². The van der Waals surface area contributed by atoms with Crippen molar-refractivity contribution < 1.29 is 13.9 Å². The lowest BCUT2D eigenvalue weighted by atomic mass is 10.1. The molecule has 1 amide bonds. The fourth-order valence-corrected chi connectivity index (χ4v) is 1.94. The summed E-state index contributed by atoms with van der Waals surface area (Å²) in [7, 11) is 1.50. The van der Waals surface area contributed by atoms with Gasteiger partial charge in [0.05, 0.1) is 29.1 Å². The Morgan fingerprint density at radius 2 is 2.10 bits per heavy atom. The molecule has 0 atom stereocenters. The number of para-hydroxylation sites is 1. The van der Waals surface area contributed by atoms with Crippen LogP contribution < -0.4 is 21.3 Å². The maximum absolute atomic E-state index is 13.6. The van der Waals surface area contributed by atoms with Gasteiger partial charge in [-0.25, -0.2) is 4.39 Å². The zero-order valence-electron chi connectivity index (χ0n) is 11.1. The lowest BCUT2D eigenvalue weighted by Gasteiger charge is -2.12. The first-order valence-corrected chi connectivity index (χ1v) is 6.34. The van der Waals surface area contributed by atoms with E-state index in [0.29, 0.717) is 16.5 Å². The van der Waals surface area contributed by atoms with Crippen molar-refractivity contribution in [1.29, 1.82) is 0 Å². The third-order valence-electron chi connectivity index (χ3n) is 2.82. The Hall–Kier alpha value is -2.31. The zero-order valence-corrected chi connectivity index (χ0v) is 11.9. The number of nitrogens with two attached hydrogens (primary N) is 1. The van der Waals surface area contributed by atoms with Crippen LogP contribution in [0.3, 0.4) is 0 Å². The van der Waals surface area contributed by atoms with E-state index in [0.717, 1.165) is 0 Å². The molecular weight excluding hydrogens is 297 g/mol. The quantitative estimate of drug-likeness (QED) is 0.599. The van der Waals surface area contributed by atoms with Crippen LogP contribution in [0.25, 0.3) is 0 Å². The summed E-state index contributed by atoms with van der Waals surface area (Å²) in [5, 5.41) is 2.93. The third-order valence-corrected chi connectivity index (χ3v) is 3.15. The molecule has 2 aromatic carbocycles. The molecule has 21 heavy (non-hydrogen) atoms. The minimum Gasteiger partial charge on any atom is -0.497 e. The summed E-state index contributed by atoms with van der Waals surface area (Å²) in [6.07, 6.45) is 0. The monoisotopic (exact) mass is 309 g/mol. The Kier molecular flexibility index (Phi) is 4.62. The number of ether oxygens (including phenoxy) is 1. The second kappa shape index (κ2) is 6.43. The van der Waals surface area contributed by atoms with Gasteiger partial charge in [0.1, 0.15) is 11.6 Å². The molecule has 0 saturated carbocycles. The summed E-state index contributed by atoms with van der Waals surface area (Å²) in [4.78, 5) is 12.2. The minimum absolute atomic E-state index is 0.0661. The fraction of sp³-hybridized carbons (Fsp3) is 0.0714. The van der Waals surface area contributed by atoms with Gasteiger partial charge in [0.2, 0.25) is 0 Å². The lowest BCUT2D eigenvalue weighted by Crippen LogP contribution is -2.18. The molecule has 0 aliphatic carbocycles. The number of carbonyl (C=O) groups is 1. The molecule has 7 heteroatoms. The normalized spacial score (nSPS) is 10.1. The molecule has 0 aliphatic rings. The first kappa shape index (κ1) is 15.1. The van der Waals surface area contributed by atoms with Crippen LogP contribution in [0.1, 0.15) is 10.4 Å². The topological polar surface area (TPSA) is 76.4 Å². The molecule has 4 N–H and O–H groups in total. The van der Waals surface area contributed by atoms with Crippen molar-refractivity contribution in [3.8, 4) is 5.75 Å². The van der Waals surface area contributed by atoms with Crippen molar-refractivity contribution in [2.24, 2.45) is 5.84 Å². The Balaban J connectivity index is 2.32. The van der Waals surface area contributed by atoms with Crippen LogP contribution >= 0.6 is 11.6 Å². The maximum atomic E-state index is 13.6. The van der Waals surface area contributed by atoms with E-state index >= 15 is 0 Å². The molecule has 110 valence electrons. The number of nitrogens with one attached hydrogen (secondary N) is 2. The largest absolute Gasteiger partial charge is 0.497 e. The molecule has 2 rings (SSSR count). The first-order chi connectivity index (χ1) is 10.1. The van der Waals surface area contributed by atoms with Crippen LogP contribution in [0.5, 0.6) is 5.75 Å². The Labute approximate surface area is 125 Å². The molecule has 0 bridgehead atoms. The van der Waals surface area contributed by atoms with E-state index < -0.39 is 11.7 Å². The highest BCUT2D eigenvalue weighted by Gasteiger charge is 2.16. The number of halogens is 2. The van der Waals surface area contributed by atoms with E-state index in [1.54, 1.807) is 18.2 Å². The number of amides is 1. The molecule has 0 saturated heterocycles. The number of rotatable bonds is 4. The van der Waals surface area contributed by atoms with Crippen LogP contribution in [-0.2, 0) is 0 Å². The van der Waals surface area contributed by atoms with Crippen LogP contribution in [0.2, 0.25) is 5.02 Å². The molecule has 0 heterocycles. The summed E-state index contributed by atoms with van der Waals surface area (Å²) in [6.45, 7) is 0. The standard InChI is InChI=1S/C14H13ClFN3O2/c1-21-8-5-6-10(15)12(7-8)18-14(20)9-3-2-4-11(16)13(9)19-17/h2-7,19H,17H2,1H3,(H,18,20). The van der Waals surface area contributed by atoms with Gasteiger partial charge in [-0.3, -0.25) is 10.6 Å². The summed E-state index contributed by atoms with van der Waals surface area (Å²) >= 11 is 6.00. The Morgan fingerprint density at radius 1 is 1.33 bits per heavy atom. The summed E-state index contributed by atoms with van der Waals surface area (Å²) < 4.78 is 18.6. The third kappa shape index (κ3) is 3.24. The number of benzene rings is 2. The molecule has 5 nitrogen and oxygen atoms in total. The molecule has 2 aromatic rings. The molecular formula is C14H13ClFN3O2. The van der Waals surface area contributed by atoms with E-state index in [2.05, 4.69) is 10.7 Å². The van der Waals surface area contributed by atoms with Crippen molar-refractivity contribution in [2.75, 3.05) is 17.9 Å². The molecule has 0 fully saturated rings. The van der Waals surface area contributed by atoms with Gasteiger partial charge in [-0.2, -0.15) is 0 Å². The average molecular weight is 310 g/mol. The van der Waals surface area contributed by atoms with E-state index in [1.807, 2.05) is 0 Å². The van der Waals surface area contributed by atoms with E-state index in [1.165, 1.54) is 25.3 Å². The van der Waals surface area contributed by atoms with Crippen LogP contribution in [0, 0.1) is 5.82 Å². The Morgan fingerprint density at radius 3 is 2.76 bits per heavy atom. The summed E-state index contributed by atoms with van der Waals surface area (Å²) in [6, 6.07) is 8.87. The van der Waals surface area contributed by atoms with Crippen molar-refractivity contribution in [3.63, 3.8) is 0 Å². The molecule has 0 aromatic heterocycles. The highest BCUT2D eigenvalue weighted by molar-refractivity contribution is 6.34. The molecule has 0 radical (unpaired) electrons.